The van der Waals surface area contributed by atoms with Crippen LogP contribution >= 0.6 is 0 Å². The molecule has 230 valence electrons. The molecule has 8 rings (SSSR count). The minimum Gasteiger partial charge on any atom is -0.444 e. The first-order valence-corrected chi connectivity index (χ1v) is 15.9. The lowest BCUT2D eigenvalue weighted by Crippen LogP contribution is -2.40. The highest BCUT2D eigenvalue weighted by Crippen LogP contribution is 2.42. The predicted molar refractivity (Wildman–Crippen MR) is 168 cm³/mol. The van der Waals surface area contributed by atoms with Gasteiger partial charge in [0.15, 0.2) is 0 Å². The summed E-state index contributed by atoms with van der Waals surface area (Å²) < 4.78 is 9.66. The van der Waals surface area contributed by atoms with Gasteiger partial charge in [-0.1, -0.05) is 6.92 Å². The van der Waals surface area contributed by atoms with Crippen molar-refractivity contribution in [3.63, 3.8) is 0 Å². The lowest BCUT2D eigenvalue weighted by atomic mass is 10.0. The smallest absolute Gasteiger partial charge is 0.410 e. The van der Waals surface area contributed by atoms with E-state index in [0.29, 0.717) is 31.1 Å². The Labute approximate surface area is 258 Å². The van der Waals surface area contributed by atoms with Gasteiger partial charge in [-0.25, -0.2) is 4.79 Å². The third kappa shape index (κ3) is 6.40. The molecule has 2 atom stereocenters. The first kappa shape index (κ1) is 28.7. The molecule has 6 heterocycles. The average molecular weight is 595 g/mol. The zero-order valence-electron chi connectivity index (χ0n) is 26.2. The molecular formula is C34H42N8O2. The van der Waals surface area contributed by atoms with E-state index >= 15 is 0 Å². The van der Waals surface area contributed by atoms with E-state index in [-0.39, 0.29) is 6.09 Å². The number of rotatable bonds is 4. The van der Waals surface area contributed by atoms with Crippen molar-refractivity contribution < 1.29 is 9.53 Å². The van der Waals surface area contributed by atoms with Crippen LogP contribution < -0.4 is 5.32 Å². The zero-order valence-corrected chi connectivity index (χ0v) is 26.2. The summed E-state index contributed by atoms with van der Waals surface area (Å²) in [4.78, 5) is 23.3. The van der Waals surface area contributed by atoms with Crippen molar-refractivity contribution >= 4 is 6.09 Å². The number of hydrogen-bond donors (Lipinski definition) is 1. The van der Waals surface area contributed by atoms with Crippen LogP contribution in [0.2, 0.25) is 0 Å². The van der Waals surface area contributed by atoms with Crippen LogP contribution in [-0.2, 0) is 30.7 Å². The van der Waals surface area contributed by atoms with Gasteiger partial charge in [0.2, 0.25) is 0 Å². The Morgan fingerprint density at radius 3 is 2.18 bits per heavy atom. The predicted octanol–water partition coefficient (Wildman–Crippen LogP) is 5.74. The maximum Gasteiger partial charge on any atom is 0.410 e. The number of hydrogen-bond acceptors (Lipinski definition) is 7. The lowest BCUT2D eigenvalue weighted by Gasteiger charge is -2.30. The Morgan fingerprint density at radius 2 is 1.52 bits per heavy atom. The maximum atomic E-state index is 12.4. The van der Waals surface area contributed by atoms with Crippen LogP contribution in [-0.4, -0.2) is 59.2 Å². The average Bonchev–Trinajstić information content (AvgIpc) is 3.88. The van der Waals surface area contributed by atoms with Crippen molar-refractivity contribution in [2.24, 2.45) is 5.92 Å². The number of amides is 1. The minimum absolute atomic E-state index is 0.260. The highest BCUT2D eigenvalue weighted by Gasteiger charge is 2.35. The Bertz CT molecular complexity index is 1660. The molecule has 2 aliphatic heterocycles. The molecule has 2 unspecified atom stereocenters. The molecule has 0 spiro atoms. The topological polar surface area (TPSA) is 103 Å². The molecule has 4 aromatic rings. The van der Waals surface area contributed by atoms with Gasteiger partial charge >= 0.3 is 6.09 Å². The van der Waals surface area contributed by atoms with Crippen LogP contribution in [0.15, 0.2) is 49.3 Å². The summed E-state index contributed by atoms with van der Waals surface area (Å²) >= 11 is 0. The van der Waals surface area contributed by atoms with Crippen molar-refractivity contribution in [2.45, 2.75) is 90.6 Å². The molecule has 2 aliphatic carbocycles. The van der Waals surface area contributed by atoms with E-state index in [2.05, 4.69) is 66.3 Å². The molecule has 0 bridgehead atoms. The number of pyridine rings is 2. The van der Waals surface area contributed by atoms with Crippen molar-refractivity contribution in [3.05, 3.63) is 71.8 Å². The van der Waals surface area contributed by atoms with Crippen molar-refractivity contribution in [1.29, 1.82) is 0 Å². The first-order chi connectivity index (χ1) is 21.2. The van der Waals surface area contributed by atoms with E-state index in [1.807, 2.05) is 45.6 Å². The fourth-order valence-corrected chi connectivity index (χ4v) is 5.94. The Hall–Kier alpha value is -4.05. The second kappa shape index (κ2) is 11.5. The van der Waals surface area contributed by atoms with E-state index in [9.17, 15) is 4.79 Å². The van der Waals surface area contributed by atoms with Crippen LogP contribution in [0.1, 0.15) is 81.6 Å². The van der Waals surface area contributed by atoms with Gasteiger partial charge < -0.3 is 15.0 Å². The summed E-state index contributed by atoms with van der Waals surface area (Å²) in [6, 6.07) is 5.57. The number of carbonyl (C=O) groups is 1. The summed E-state index contributed by atoms with van der Waals surface area (Å²) in [5.41, 5.74) is 8.75. The molecule has 4 aliphatic rings. The van der Waals surface area contributed by atoms with Gasteiger partial charge in [0.25, 0.3) is 0 Å². The van der Waals surface area contributed by atoms with Gasteiger partial charge in [0.1, 0.15) is 5.60 Å². The monoisotopic (exact) mass is 594 g/mol. The highest BCUT2D eigenvalue weighted by atomic mass is 16.6. The SMILES string of the molecule is CC1CC1n1cc(-c2cnc3c(c2)CN(C(=O)OC(C)(C)C)CC3)cn1.c1nc2c(cc1-c1cnn(C3CC3)c1)CNCC2. The van der Waals surface area contributed by atoms with Gasteiger partial charge in [-0.2, -0.15) is 10.2 Å². The maximum absolute atomic E-state index is 12.4. The first-order valence-electron chi connectivity index (χ1n) is 15.9. The number of aromatic nitrogens is 6. The second-order valence-corrected chi connectivity index (χ2v) is 13.7. The Kier molecular flexibility index (Phi) is 7.48. The van der Waals surface area contributed by atoms with Gasteiger partial charge in [-0.05, 0) is 69.2 Å². The Balaban J connectivity index is 0.000000151. The normalized spacial score (nSPS) is 20.7. The minimum atomic E-state index is -0.480. The molecular weight excluding hydrogens is 552 g/mol. The number of fused-ring (bicyclic) bond motifs is 2. The molecule has 10 heteroatoms. The van der Waals surface area contributed by atoms with Gasteiger partial charge in [0.05, 0.1) is 31.0 Å². The molecule has 44 heavy (non-hydrogen) atoms. The second-order valence-electron chi connectivity index (χ2n) is 13.7. The van der Waals surface area contributed by atoms with E-state index in [1.54, 1.807) is 4.90 Å². The quantitative estimate of drug-likeness (QED) is 0.321. The third-order valence-corrected chi connectivity index (χ3v) is 8.80. The number of nitrogens with one attached hydrogen (secondary N) is 1. The standard InChI is InChI=1S/C20H26N4O2.C14H16N4/c1-13-7-18(13)24-12-16(10-22-24)14-8-15-11-23(6-5-17(15)21-9-14)19(25)26-20(2,3)4;1-2-13(1)18-9-12(8-17-18)10-5-11-6-15-4-3-14(11)16-7-10/h8-10,12-13,18H,5-7,11H2,1-4H3;5,7-9,13,15H,1-4,6H2. The summed E-state index contributed by atoms with van der Waals surface area (Å²) in [5, 5.41) is 12.3. The number of nitrogens with zero attached hydrogens (tertiary/aromatic N) is 7. The molecule has 2 saturated carbocycles. The van der Waals surface area contributed by atoms with Crippen LogP contribution in [0.5, 0.6) is 0 Å². The molecule has 0 saturated heterocycles. The number of carbonyl (C=O) groups excluding carboxylic acids is 1. The van der Waals surface area contributed by atoms with E-state index < -0.39 is 5.60 Å². The molecule has 1 N–H and O–H groups in total. The van der Waals surface area contributed by atoms with Crippen LogP contribution in [0.3, 0.4) is 0 Å². The lowest BCUT2D eigenvalue weighted by molar-refractivity contribution is 0.0223. The molecule has 2 fully saturated rings. The third-order valence-electron chi connectivity index (χ3n) is 8.80. The molecule has 1 amide bonds. The van der Waals surface area contributed by atoms with E-state index in [0.717, 1.165) is 48.3 Å². The fraction of sp³-hybridized carbons (Fsp3) is 0.500. The van der Waals surface area contributed by atoms with Gasteiger partial charge in [-0.15, -0.1) is 0 Å². The Morgan fingerprint density at radius 1 is 0.886 bits per heavy atom. The van der Waals surface area contributed by atoms with Crippen molar-refractivity contribution in [2.75, 3.05) is 13.1 Å². The van der Waals surface area contributed by atoms with E-state index in [4.69, 9.17) is 4.74 Å². The summed E-state index contributed by atoms with van der Waals surface area (Å²) in [6.07, 6.45) is 17.3. The molecule has 0 aromatic carbocycles. The van der Waals surface area contributed by atoms with Crippen LogP contribution in [0.25, 0.3) is 22.3 Å². The van der Waals surface area contributed by atoms with Crippen molar-refractivity contribution in [1.82, 2.24) is 39.7 Å². The largest absolute Gasteiger partial charge is 0.444 e. The van der Waals surface area contributed by atoms with Crippen molar-refractivity contribution in [3.8, 4) is 22.3 Å². The van der Waals surface area contributed by atoms with Crippen LogP contribution in [0, 0.1) is 5.92 Å². The number of ether oxygens (including phenoxy) is 1. The summed E-state index contributed by atoms with van der Waals surface area (Å²) in [6.45, 7) is 11.1. The zero-order chi connectivity index (χ0) is 30.4. The summed E-state index contributed by atoms with van der Waals surface area (Å²) in [7, 11) is 0. The molecule has 10 nitrogen and oxygen atoms in total. The fourth-order valence-electron chi connectivity index (χ4n) is 5.94. The van der Waals surface area contributed by atoms with Gasteiger partial charge in [-0.3, -0.25) is 19.3 Å². The van der Waals surface area contributed by atoms with E-state index in [1.165, 1.54) is 41.6 Å². The van der Waals surface area contributed by atoms with Crippen LogP contribution in [0.4, 0.5) is 4.79 Å². The molecule has 4 aromatic heterocycles. The highest BCUT2D eigenvalue weighted by molar-refractivity contribution is 5.69. The molecule has 0 radical (unpaired) electrons. The van der Waals surface area contributed by atoms with Gasteiger partial charge in [0, 0.05) is 90.9 Å². The summed E-state index contributed by atoms with van der Waals surface area (Å²) in [5.74, 6) is 0.715.